The van der Waals surface area contributed by atoms with Crippen LogP contribution in [-0.4, -0.2) is 17.8 Å². The van der Waals surface area contributed by atoms with Gasteiger partial charge in [0.05, 0.1) is 0 Å². The molecule has 0 radical (unpaired) electrons. The lowest BCUT2D eigenvalue weighted by atomic mass is 10.1. The molecule has 1 N–H and O–H groups in total. The Morgan fingerprint density at radius 2 is 1.39 bits per heavy atom. The molecule has 0 aromatic rings. The van der Waals surface area contributed by atoms with Crippen LogP contribution in [0.1, 0.15) is 77.6 Å². The smallest absolute Gasteiger partial charge is 0.220 e. The third-order valence-corrected chi connectivity index (χ3v) is 3.57. The van der Waals surface area contributed by atoms with Crippen LogP contribution in [0.5, 0.6) is 0 Å². The lowest BCUT2D eigenvalue weighted by molar-refractivity contribution is -0.120. The molecule has 0 rings (SSSR count). The monoisotopic (exact) mass is 319 g/mol. The molecule has 0 saturated heterocycles. The number of hydrogen-bond acceptors (Lipinski definition) is 1. The third-order valence-electron chi connectivity index (χ3n) is 3.17. The zero-order valence-corrected chi connectivity index (χ0v) is 13.6. The average Bonchev–Trinajstić information content (AvgIpc) is 2.36. The minimum atomic E-state index is 0.169. The van der Waals surface area contributed by atoms with Gasteiger partial charge in [0.25, 0.3) is 0 Å². The molecule has 0 heterocycles. The largest absolute Gasteiger partial charge is 0.356 e. The maximum absolute atomic E-state index is 11.2. The van der Waals surface area contributed by atoms with Gasteiger partial charge in [0.15, 0.2) is 0 Å². The van der Waals surface area contributed by atoms with Crippen LogP contribution < -0.4 is 5.32 Å². The number of amides is 1. The Balaban J connectivity index is 3.01. The van der Waals surface area contributed by atoms with E-state index in [1.54, 1.807) is 0 Å². The third kappa shape index (κ3) is 14.0. The lowest BCUT2D eigenvalue weighted by Crippen LogP contribution is -2.24. The van der Waals surface area contributed by atoms with Gasteiger partial charge in [-0.2, -0.15) is 0 Å². The van der Waals surface area contributed by atoms with Crippen LogP contribution in [0.3, 0.4) is 0 Å². The molecule has 0 unspecified atom stereocenters. The summed E-state index contributed by atoms with van der Waals surface area (Å²) in [5, 5.41) is 3.70. The topological polar surface area (TPSA) is 29.1 Å². The van der Waals surface area contributed by atoms with E-state index in [2.05, 4.69) is 28.2 Å². The molecule has 0 saturated carbocycles. The summed E-state index contributed by atoms with van der Waals surface area (Å²) in [6, 6.07) is 0. The molecule has 0 atom stereocenters. The van der Waals surface area contributed by atoms with E-state index in [0.29, 0.717) is 6.42 Å². The maximum Gasteiger partial charge on any atom is 0.220 e. The SMILES string of the molecule is CCCCCCCCCCCCNC(=O)CCBr. The molecular weight excluding hydrogens is 290 g/mol. The van der Waals surface area contributed by atoms with Crippen molar-refractivity contribution in [3.05, 3.63) is 0 Å². The van der Waals surface area contributed by atoms with Gasteiger partial charge in [-0.15, -0.1) is 0 Å². The second-order valence-corrected chi connectivity index (χ2v) is 5.76. The average molecular weight is 320 g/mol. The van der Waals surface area contributed by atoms with Crippen molar-refractivity contribution in [3.8, 4) is 0 Å². The number of carbonyl (C=O) groups is 1. The maximum atomic E-state index is 11.2. The van der Waals surface area contributed by atoms with Crippen LogP contribution in [0.2, 0.25) is 0 Å². The van der Waals surface area contributed by atoms with Crippen molar-refractivity contribution >= 4 is 21.8 Å². The Morgan fingerprint density at radius 1 is 0.889 bits per heavy atom. The van der Waals surface area contributed by atoms with Crippen molar-refractivity contribution in [3.63, 3.8) is 0 Å². The number of rotatable bonds is 13. The summed E-state index contributed by atoms with van der Waals surface area (Å²) in [5.74, 6) is 0.169. The molecule has 0 aliphatic rings. The van der Waals surface area contributed by atoms with Crippen molar-refractivity contribution in [1.29, 1.82) is 0 Å². The van der Waals surface area contributed by atoms with Crippen LogP contribution in [-0.2, 0) is 4.79 Å². The molecule has 0 spiro atoms. The molecule has 0 fully saturated rings. The first-order valence-electron chi connectivity index (χ1n) is 7.64. The first kappa shape index (κ1) is 17.9. The molecule has 0 bridgehead atoms. The van der Waals surface area contributed by atoms with Gasteiger partial charge in [-0.25, -0.2) is 0 Å². The van der Waals surface area contributed by atoms with E-state index in [0.717, 1.165) is 18.3 Å². The summed E-state index contributed by atoms with van der Waals surface area (Å²) in [7, 11) is 0. The summed E-state index contributed by atoms with van der Waals surface area (Å²) in [6.07, 6.45) is 14.0. The van der Waals surface area contributed by atoms with Gasteiger partial charge in [-0.1, -0.05) is 80.6 Å². The molecular formula is C15H30BrNO. The van der Waals surface area contributed by atoms with Gasteiger partial charge in [0, 0.05) is 18.3 Å². The Hall–Kier alpha value is -0.0500. The van der Waals surface area contributed by atoms with E-state index in [4.69, 9.17) is 0 Å². The highest BCUT2D eigenvalue weighted by Gasteiger charge is 1.98. The van der Waals surface area contributed by atoms with Gasteiger partial charge < -0.3 is 5.32 Å². The van der Waals surface area contributed by atoms with Crippen molar-refractivity contribution in [2.24, 2.45) is 0 Å². The van der Waals surface area contributed by atoms with E-state index in [1.165, 1.54) is 57.8 Å². The number of carbonyl (C=O) groups excluding carboxylic acids is 1. The normalized spacial score (nSPS) is 10.6. The zero-order chi connectivity index (χ0) is 13.5. The Kier molecular flexibility index (Phi) is 15.0. The highest BCUT2D eigenvalue weighted by molar-refractivity contribution is 9.09. The first-order valence-corrected chi connectivity index (χ1v) is 8.76. The van der Waals surface area contributed by atoms with Gasteiger partial charge in [-0.3, -0.25) is 4.79 Å². The quantitative estimate of drug-likeness (QED) is 0.383. The zero-order valence-electron chi connectivity index (χ0n) is 12.0. The number of alkyl halides is 1. The predicted molar refractivity (Wildman–Crippen MR) is 83.3 cm³/mol. The minimum Gasteiger partial charge on any atom is -0.356 e. The molecule has 1 amide bonds. The number of hydrogen-bond donors (Lipinski definition) is 1. The van der Waals surface area contributed by atoms with Gasteiger partial charge in [-0.05, 0) is 6.42 Å². The second-order valence-electron chi connectivity index (χ2n) is 4.97. The first-order chi connectivity index (χ1) is 8.81. The summed E-state index contributed by atoms with van der Waals surface area (Å²) in [4.78, 5) is 11.2. The van der Waals surface area contributed by atoms with Crippen LogP contribution in [0.25, 0.3) is 0 Å². The van der Waals surface area contributed by atoms with Gasteiger partial charge in [0.1, 0.15) is 0 Å². The van der Waals surface area contributed by atoms with Crippen molar-refractivity contribution in [2.75, 3.05) is 11.9 Å². The lowest BCUT2D eigenvalue weighted by Gasteiger charge is -2.04. The fourth-order valence-electron chi connectivity index (χ4n) is 2.01. The molecule has 0 aromatic heterocycles. The van der Waals surface area contributed by atoms with E-state index in [9.17, 15) is 4.79 Å². The van der Waals surface area contributed by atoms with Crippen LogP contribution in [0.15, 0.2) is 0 Å². The molecule has 0 aromatic carbocycles. The number of halogens is 1. The predicted octanol–water partition coefficient (Wildman–Crippen LogP) is 4.81. The molecule has 0 aliphatic carbocycles. The second kappa shape index (κ2) is 15.0. The summed E-state index contributed by atoms with van der Waals surface area (Å²) >= 11 is 3.26. The van der Waals surface area contributed by atoms with Gasteiger partial charge >= 0.3 is 0 Å². The van der Waals surface area contributed by atoms with E-state index < -0.39 is 0 Å². The van der Waals surface area contributed by atoms with Crippen LogP contribution in [0.4, 0.5) is 0 Å². The number of nitrogens with one attached hydrogen (secondary N) is 1. The highest BCUT2D eigenvalue weighted by Crippen LogP contribution is 2.10. The Morgan fingerprint density at radius 3 is 1.89 bits per heavy atom. The minimum absolute atomic E-state index is 0.169. The van der Waals surface area contributed by atoms with Crippen molar-refractivity contribution < 1.29 is 4.79 Å². The fourth-order valence-corrected chi connectivity index (χ4v) is 2.37. The van der Waals surface area contributed by atoms with E-state index in [-0.39, 0.29) is 5.91 Å². The Bertz CT molecular complexity index is 185. The van der Waals surface area contributed by atoms with Gasteiger partial charge in [0.2, 0.25) is 5.91 Å². The van der Waals surface area contributed by atoms with E-state index >= 15 is 0 Å². The molecule has 0 aliphatic heterocycles. The Labute approximate surface area is 121 Å². The molecule has 2 nitrogen and oxygen atoms in total. The number of unbranched alkanes of at least 4 members (excludes halogenated alkanes) is 9. The summed E-state index contributed by atoms with van der Waals surface area (Å²) in [5.41, 5.74) is 0. The van der Waals surface area contributed by atoms with Crippen LogP contribution >= 0.6 is 15.9 Å². The molecule has 108 valence electrons. The standard InChI is InChI=1S/C15H30BrNO/c1-2-3-4-5-6-7-8-9-10-11-14-17-15(18)12-13-16/h2-14H2,1H3,(H,17,18). The highest BCUT2D eigenvalue weighted by atomic mass is 79.9. The van der Waals surface area contributed by atoms with Crippen LogP contribution in [0, 0.1) is 0 Å². The summed E-state index contributed by atoms with van der Waals surface area (Å²) in [6.45, 7) is 3.11. The summed E-state index contributed by atoms with van der Waals surface area (Å²) < 4.78 is 0. The van der Waals surface area contributed by atoms with E-state index in [1.807, 2.05) is 0 Å². The fraction of sp³-hybridized carbons (Fsp3) is 0.933. The molecule has 18 heavy (non-hydrogen) atoms. The van der Waals surface area contributed by atoms with Crippen molar-refractivity contribution in [1.82, 2.24) is 5.32 Å². The molecule has 3 heteroatoms. The van der Waals surface area contributed by atoms with Crippen molar-refractivity contribution in [2.45, 2.75) is 77.6 Å².